The average Bonchev–Trinajstić information content (AvgIpc) is 2.28. The molecule has 1 aromatic rings. The first-order valence-electron chi connectivity index (χ1n) is 5.27. The molecule has 2 N–H and O–H groups in total. The molecule has 0 fully saturated rings. The van der Waals surface area contributed by atoms with Gasteiger partial charge in [0.1, 0.15) is 0 Å². The van der Waals surface area contributed by atoms with Crippen LogP contribution in [0.25, 0.3) is 0 Å². The highest BCUT2D eigenvalue weighted by Gasteiger charge is 2.08. The van der Waals surface area contributed by atoms with Crippen LogP contribution < -0.4 is 4.72 Å². The van der Waals surface area contributed by atoms with Gasteiger partial charge >= 0.3 is 0 Å². The molecule has 0 saturated heterocycles. The number of rotatable bonds is 5. The molecule has 0 unspecified atom stereocenters. The summed E-state index contributed by atoms with van der Waals surface area (Å²) in [7, 11) is -3.22. The van der Waals surface area contributed by atoms with Gasteiger partial charge < -0.3 is 5.11 Å². The monoisotopic (exact) mass is 243 g/mol. The van der Waals surface area contributed by atoms with E-state index in [0.29, 0.717) is 12.1 Å². The number of nitrogens with one attached hydrogen (secondary N) is 1. The second-order valence-electron chi connectivity index (χ2n) is 3.55. The summed E-state index contributed by atoms with van der Waals surface area (Å²) in [6.45, 7) is 3.47. The quantitative estimate of drug-likeness (QED) is 0.830. The van der Waals surface area contributed by atoms with Gasteiger partial charge in [0, 0.05) is 5.69 Å². The molecule has 0 aliphatic heterocycles. The van der Waals surface area contributed by atoms with E-state index in [1.165, 1.54) is 0 Å². The van der Waals surface area contributed by atoms with Gasteiger partial charge in [0.05, 0.1) is 11.9 Å². The van der Waals surface area contributed by atoms with E-state index >= 15 is 0 Å². The SMILES string of the molecule is CC[C@H](O)c1ccc(NS(=O)(=O)CC)cc1. The molecule has 1 aromatic carbocycles. The van der Waals surface area contributed by atoms with Crippen molar-refractivity contribution in [3.05, 3.63) is 29.8 Å². The van der Waals surface area contributed by atoms with Crippen LogP contribution in [0.1, 0.15) is 31.9 Å². The first-order chi connectivity index (χ1) is 7.48. The van der Waals surface area contributed by atoms with Crippen LogP contribution >= 0.6 is 0 Å². The van der Waals surface area contributed by atoms with Crippen LogP contribution in [-0.2, 0) is 10.0 Å². The predicted octanol–water partition coefficient (Wildman–Crippen LogP) is 1.89. The number of anilines is 1. The van der Waals surface area contributed by atoms with Gasteiger partial charge in [0.2, 0.25) is 10.0 Å². The summed E-state index contributed by atoms with van der Waals surface area (Å²) in [5.74, 6) is 0.0480. The normalized spacial score (nSPS) is 13.4. The second kappa shape index (κ2) is 5.32. The lowest BCUT2D eigenvalue weighted by atomic mass is 10.1. The summed E-state index contributed by atoms with van der Waals surface area (Å²) in [6, 6.07) is 6.76. The lowest BCUT2D eigenvalue weighted by Gasteiger charge is -2.10. The summed E-state index contributed by atoms with van der Waals surface area (Å²) in [5, 5.41) is 9.56. The third-order valence-corrected chi connectivity index (χ3v) is 3.64. The van der Waals surface area contributed by atoms with Crippen LogP contribution in [0, 0.1) is 0 Å². The maximum absolute atomic E-state index is 11.3. The Morgan fingerprint density at radius 1 is 1.25 bits per heavy atom. The van der Waals surface area contributed by atoms with Crippen LogP contribution in [0.5, 0.6) is 0 Å². The van der Waals surface area contributed by atoms with Crippen molar-refractivity contribution < 1.29 is 13.5 Å². The van der Waals surface area contributed by atoms with Crippen LogP contribution in [0.3, 0.4) is 0 Å². The highest BCUT2D eigenvalue weighted by molar-refractivity contribution is 7.92. The lowest BCUT2D eigenvalue weighted by Crippen LogP contribution is -2.14. The fraction of sp³-hybridized carbons (Fsp3) is 0.455. The second-order valence-corrected chi connectivity index (χ2v) is 5.56. The van der Waals surface area contributed by atoms with Gasteiger partial charge in [0.15, 0.2) is 0 Å². The molecule has 0 radical (unpaired) electrons. The molecule has 0 spiro atoms. The molecular formula is C11H17NO3S. The van der Waals surface area contributed by atoms with Crippen molar-refractivity contribution in [1.82, 2.24) is 0 Å². The first-order valence-corrected chi connectivity index (χ1v) is 6.92. The zero-order valence-corrected chi connectivity index (χ0v) is 10.3. The maximum Gasteiger partial charge on any atom is 0.232 e. The van der Waals surface area contributed by atoms with E-state index in [1.807, 2.05) is 6.92 Å². The number of aliphatic hydroxyl groups excluding tert-OH is 1. The van der Waals surface area contributed by atoms with Crippen LogP contribution in [0.4, 0.5) is 5.69 Å². The molecule has 0 aliphatic rings. The van der Waals surface area contributed by atoms with Gasteiger partial charge in [-0.1, -0.05) is 19.1 Å². The third kappa shape index (κ3) is 3.50. The molecule has 5 heteroatoms. The molecule has 0 saturated carbocycles. The van der Waals surface area contributed by atoms with E-state index in [0.717, 1.165) is 5.56 Å². The maximum atomic E-state index is 11.3. The summed E-state index contributed by atoms with van der Waals surface area (Å²) in [5.41, 5.74) is 1.32. The third-order valence-electron chi connectivity index (χ3n) is 2.34. The van der Waals surface area contributed by atoms with E-state index in [9.17, 15) is 13.5 Å². The summed E-state index contributed by atoms with van der Waals surface area (Å²) in [6.07, 6.45) is 0.150. The number of benzene rings is 1. The van der Waals surface area contributed by atoms with Gasteiger partial charge in [0.25, 0.3) is 0 Å². The number of sulfonamides is 1. The average molecular weight is 243 g/mol. The number of aliphatic hydroxyl groups is 1. The van der Waals surface area contributed by atoms with Crippen molar-refractivity contribution in [2.75, 3.05) is 10.5 Å². The standard InChI is InChI=1S/C11H17NO3S/c1-3-11(13)9-5-7-10(8-6-9)12-16(14,15)4-2/h5-8,11-13H,3-4H2,1-2H3/t11-/m0/s1. The summed E-state index contributed by atoms with van der Waals surface area (Å²) >= 11 is 0. The first kappa shape index (κ1) is 13.0. The van der Waals surface area contributed by atoms with Crippen molar-refractivity contribution in [3.63, 3.8) is 0 Å². The summed E-state index contributed by atoms with van der Waals surface area (Å²) in [4.78, 5) is 0. The van der Waals surface area contributed by atoms with Crippen molar-refractivity contribution in [1.29, 1.82) is 0 Å². The minimum Gasteiger partial charge on any atom is -0.388 e. The predicted molar refractivity (Wildman–Crippen MR) is 64.8 cm³/mol. The lowest BCUT2D eigenvalue weighted by molar-refractivity contribution is 0.173. The van der Waals surface area contributed by atoms with Gasteiger partial charge in [-0.05, 0) is 31.0 Å². The Morgan fingerprint density at radius 3 is 2.25 bits per heavy atom. The molecule has 90 valence electrons. The van der Waals surface area contributed by atoms with Gasteiger partial charge in [-0.15, -0.1) is 0 Å². The molecule has 0 aliphatic carbocycles. The van der Waals surface area contributed by atoms with Gasteiger partial charge in [-0.2, -0.15) is 0 Å². The van der Waals surface area contributed by atoms with Gasteiger partial charge in [-0.25, -0.2) is 8.42 Å². The van der Waals surface area contributed by atoms with Crippen LogP contribution in [-0.4, -0.2) is 19.3 Å². The number of hydrogen-bond donors (Lipinski definition) is 2. The molecule has 1 rings (SSSR count). The minimum absolute atomic E-state index is 0.0480. The van der Waals surface area contributed by atoms with Crippen LogP contribution in [0.2, 0.25) is 0 Å². The Labute approximate surface area is 96.4 Å². The summed E-state index contributed by atoms with van der Waals surface area (Å²) < 4.78 is 25.0. The minimum atomic E-state index is -3.22. The molecular weight excluding hydrogens is 226 g/mol. The van der Waals surface area contributed by atoms with Crippen molar-refractivity contribution >= 4 is 15.7 Å². The topological polar surface area (TPSA) is 66.4 Å². The van der Waals surface area contributed by atoms with E-state index in [2.05, 4.69) is 4.72 Å². The highest BCUT2D eigenvalue weighted by Crippen LogP contribution is 2.19. The van der Waals surface area contributed by atoms with E-state index < -0.39 is 16.1 Å². The van der Waals surface area contributed by atoms with E-state index in [-0.39, 0.29) is 5.75 Å². The molecule has 0 aromatic heterocycles. The molecule has 0 amide bonds. The molecule has 4 nitrogen and oxygen atoms in total. The molecule has 1 atom stereocenters. The zero-order valence-electron chi connectivity index (χ0n) is 9.47. The zero-order chi connectivity index (χ0) is 12.2. The smallest absolute Gasteiger partial charge is 0.232 e. The molecule has 0 bridgehead atoms. The van der Waals surface area contributed by atoms with Crippen molar-refractivity contribution in [3.8, 4) is 0 Å². The molecule has 16 heavy (non-hydrogen) atoms. The van der Waals surface area contributed by atoms with Crippen LogP contribution in [0.15, 0.2) is 24.3 Å². The fourth-order valence-corrected chi connectivity index (χ4v) is 1.90. The van der Waals surface area contributed by atoms with Crippen molar-refractivity contribution in [2.45, 2.75) is 26.4 Å². The largest absolute Gasteiger partial charge is 0.388 e. The Hall–Kier alpha value is -1.07. The highest BCUT2D eigenvalue weighted by atomic mass is 32.2. The fourth-order valence-electron chi connectivity index (χ4n) is 1.26. The van der Waals surface area contributed by atoms with E-state index in [4.69, 9.17) is 0 Å². The Kier molecular flexibility index (Phi) is 4.32. The van der Waals surface area contributed by atoms with Gasteiger partial charge in [-0.3, -0.25) is 4.72 Å². The Morgan fingerprint density at radius 2 is 1.81 bits per heavy atom. The number of hydrogen-bond acceptors (Lipinski definition) is 3. The van der Waals surface area contributed by atoms with Crippen molar-refractivity contribution in [2.24, 2.45) is 0 Å². The van der Waals surface area contributed by atoms with E-state index in [1.54, 1.807) is 31.2 Å². The molecule has 0 heterocycles. The Balaban J connectivity index is 2.80. The Bertz CT molecular complexity index is 425.